The van der Waals surface area contributed by atoms with Crippen LogP contribution in [0.25, 0.3) is 0 Å². The molecule has 0 bridgehead atoms. The van der Waals surface area contributed by atoms with Crippen molar-refractivity contribution in [3.63, 3.8) is 0 Å². The minimum Gasteiger partial charge on any atom is -0.871 e. The van der Waals surface area contributed by atoms with Gasteiger partial charge in [0, 0.05) is 26.8 Å². The molecule has 3 rings (SSSR count). The molecule has 0 aromatic heterocycles. The smallest absolute Gasteiger partial charge is 0.871 e. The van der Waals surface area contributed by atoms with Crippen molar-refractivity contribution in [1.29, 1.82) is 0 Å². The number of rotatable bonds is 3. The van der Waals surface area contributed by atoms with Crippen molar-refractivity contribution in [3.8, 4) is 17.2 Å². The van der Waals surface area contributed by atoms with Crippen molar-refractivity contribution in [3.05, 3.63) is 79.9 Å². The zero-order valence-electron chi connectivity index (χ0n) is 17.6. The molecule has 0 aliphatic heterocycles. The summed E-state index contributed by atoms with van der Waals surface area (Å²) in [6.45, 7) is 0. The van der Waals surface area contributed by atoms with Gasteiger partial charge in [0.25, 0.3) is 0 Å². The van der Waals surface area contributed by atoms with Crippen LogP contribution in [-0.2, 0) is 0 Å². The van der Waals surface area contributed by atoms with E-state index in [1.165, 1.54) is 36.4 Å². The number of carboxylic acids is 3. The fraction of sp³-hybridized carbons (Fsp3) is 0. The molecule has 37 heavy (non-hydrogen) atoms. The molecule has 0 unspecified atom stereocenters. The Kier molecular flexibility index (Phi) is 15.6. The first-order chi connectivity index (χ1) is 16.6. The summed E-state index contributed by atoms with van der Waals surface area (Å²) in [5, 5.41) is 59.1. The molecule has 0 saturated heterocycles. The van der Waals surface area contributed by atoms with Crippen LogP contribution in [-0.4, -0.2) is 50.6 Å². The molecule has 0 fully saturated rings. The summed E-state index contributed by atoms with van der Waals surface area (Å²) < 4.78 is 2.42. The second kappa shape index (κ2) is 16.1. The summed E-state index contributed by atoms with van der Waals surface area (Å²) in [5.41, 5.74) is -0.719. The summed E-state index contributed by atoms with van der Waals surface area (Å²) in [4.78, 5) is 31.5. The second-order valence-electron chi connectivity index (χ2n) is 6.21. The zero-order valence-corrected chi connectivity index (χ0v) is 28.3. The maximum absolute atomic E-state index is 11.1. The quantitative estimate of drug-likeness (QED) is 0.283. The molecule has 0 radical (unpaired) electrons. The third kappa shape index (κ3) is 10.9. The SMILES string of the molecule is O=C(O)c1cc(Br)cc(Br)c1[O-].O=C(O)c1cc(Br)cc(Br)c1[O-].O=C(O)c1cc(Br)cc(Br)c1[O-].[Al+3]. The molecule has 0 heterocycles. The molecule has 3 aromatic carbocycles. The zero-order chi connectivity index (χ0) is 27.9. The van der Waals surface area contributed by atoms with E-state index in [0.717, 1.165) is 0 Å². The van der Waals surface area contributed by atoms with Crippen molar-refractivity contribution in [2.45, 2.75) is 0 Å². The van der Waals surface area contributed by atoms with E-state index in [1.54, 1.807) is 0 Å². The van der Waals surface area contributed by atoms with Gasteiger partial charge in [-0.1, -0.05) is 113 Å². The Hall–Kier alpha value is -1.12. The van der Waals surface area contributed by atoms with Gasteiger partial charge in [0.15, 0.2) is 0 Å². The van der Waals surface area contributed by atoms with Crippen LogP contribution < -0.4 is 15.3 Å². The van der Waals surface area contributed by atoms with Crippen LogP contribution in [0.2, 0.25) is 0 Å². The number of halogens is 6. The van der Waals surface area contributed by atoms with Crippen LogP contribution >= 0.6 is 95.6 Å². The van der Waals surface area contributed by atoms with E-state index < -0.39 is 35.2 Å². The van der Waals surface area contributed by atoms with Gasteiger partial charge in [-0.05, 0) is 36.4 Å². The Morgan fingerprint density at radius 1 is 0.486 bits per heavy atom. The Balaban J connectivity index is 0.000000518. The minimum absolute atomic E-state index is 0. The molecule has 9 nitrogen and oxygen atoms in total. The van der Waals surface area contributed by atoms with Gasteiger partial charge < -0.3 is 30.6 Å². The van der Waals surface area contributed by atoms with Gasteiger partial charge in [-0.25, -0.2) is 14.4 Å². The number of carboxylic acid groups (broad SMARTS) is 3. The Morgan fingerprint density at radius 2 is 0.676 bits per heavy atom. The third-order valence-corrected chi connectivity index (χ3v) is 6.86. The summed E-state index contributed by atoms with van der Waals surface area (Å²) in [5.74, 6) is -5.19. The van der Waals surface area contributed by atoms with Gasteiger partial charge in [0.1, 0.15) is 0 Å². The maximum atomic E-state index is 11.1. The van der Waals surface area contributed by atoms with Crippen molar-refractivity contribution >= 4 is 131 Å². The number of hydrogen-bond donors (Lipinski definition) is 3. The molecule has 192 valence electrons. The van der Waals surface area contributed by atoms with Crippen molar-refractivity contribution < 1.29 is 45.0 Å². The van der Waals surface area contributed by atoms with Crippen LogP contribution in [0, 0.1) is 0 Å². The van der Waals surface area contributed by atoms with E-state index >= 15 is 0 Å². The summed E-state index contributed by atoms with van der Waals surface area (Å²) >= 11 is 18.1. The molecular weight excluding hydrogens is 903 g/mol. The monoisotopic (exact) mass is 906 g/mol. The van der Waals surface area contributed by atoms with Crippen molar-refractivity contribution in [2.75, 3.05) is 0 Å². The number of aromatic carboxylic acids is 3. The third-order valence-electron chi connectivity index (χ3n) is 3.72. The van der Waals surface area contributed by atoms with E-state index in [2.05, 4.69) is 95.6 Å². The second-order valence-corrected chi connectivity index (χ2v) is 11.5. The van der Waals surface area contributed by atoms with E-state index in [9.17, 15) is 29.7 Å². The first kappa shape index (κ1) is 35.9. The maximum Gasteiger partial charge on any atom is 3.00 e. The van der Waals surface area contributed by atoms with Crippen LogP contribution in [0.1, 0.15) is 31.1 Å². The number of benzene rings is 3. The van der Waals surface area contributed by atoms with Crippen LogP contribution in [0.4, 0.5) is 0 Å². The molecular formula is C21H9AlBr6O9. The molecule has 0 spiro atoms. The van der Waals surface area contributed by atoms with Crippen LogP contribution in [0.5, 0.6) is 17.2 Å². The molecule has 3 N–H and O–H groups in total. The van der Waals surface area contributed by atoms with Gasteiger partial charge in [-0.3, -0.25) is 0 Å². The van der Waals surface area contributed by atoms with Crippen molar-refractivity contribution in [2.24, 2.45) is 0 Å². The van der Waals surface area contributed by atoms with Crippen molar-refractivity contribution in [1.82, 2.24) is 0 Å². The normalized spacial score (nSPS) is 9.57. The Labute approximate surface area is 270 Å². The summed E-state index contributed by atoms with van der Waals surface area (Å²) in [6, 6.07) is 8.35. The Bertz CT molecular complexity index is 1170. The van der Waals surface area contributed by atoms with Gasteiger partial charge in [-0.2, -0.15) is 0 Å². The summed E-state index contributed by atoms with van der Waals surface area (Å²) in [6.07, 6.45) is 0. The Morgan fingerprint density at radius 3 is 0.838 bits per heavy atom. The van der Waals surface area contributed by atoms with Crippen LogP contribution in [0.15, 0.2) is 63.2 Å². The molecule has 3 aromatic rings. The van der Waals surface area contributed by atoms with E-state index in [4.69, 9.17) is 15.3 Å². The van der Waals surface area contributed by atoms with Gasteiger partial charge in [0.05, 0.1) is 16.7 Å². The van der Waals surface area contributed by atoms with E-state index in [-0.39, 0.29) is 47.5 Å². The minimum atomic E-state index is -1.22. The molecule has 0 amide bonds. The molecule has 0 aliphatic rings. The van der Waals surface area contributed by atoms with E-state index in [1.807, 2.05) is 0 Å². The fourth-order valence-corrected chi connectivity index (χ4v) is 5.83. The first-order valence-electron chi connectivity index (χ1n) is 8.74. The summed E-state index contributed by atoms with van der Waals surface area (Å²) in [7, 11) is 0. The molecule has 0 aliphatic carbocycles. The van der Waals surface area contributed by atoms with Gasteiger partial charge in [-0.15, -0.1) is 0 Å². The molecule has 16 heteroatoms. The standard InChI is InChI=1S/3C7H4Br2O3.Al/c3*8-3-1-4(7(11)12)6(10)5(9)2-3;/h3*1-2,10H,(H,11,12);/q;;;+3/p-3. The molecule has 0 saturated carbocycles. The first-order valence-corrected chi connectivity index (χ1v) is 13.5. The average Bonchev–Trinajstić information content (AvgIpc) is 2.76. The fourth-order valence-electron chi connectivity index (χ4n) is 2.16. The van der Waals surface area contributed by atoms with E-state index in [0.29, 0.717) is 13.4 Å². The van der Waals surface area contributed by atoms with Crippen LogP contribution in [0.3, 0.4) is 0 Å². The topological polar surface area (TPSA) is 181 Å². The van der Waals surface area contributed by atoms with Gasteiger partial charge in [0.2, 0.25) is 0 Å². The largest absolute Gasteiger partial charge is 3.00 e. The average molecular weight is 912 g/mol. The van der Waals surface area contributed by atoms with Gasteiger partial charge >= 0.3 is 35.3 Å². The number of carbonyl (C=O) groups is 3. The predicted molar refractivity (Wildman–Crippen MR) is 150 cm³/mol. The molecule has 0 atom stereocenters. The number of hydrogen-bond acceptors (Lipinski definition) is 6. The predicted octanol–water partition coefficient (Wildman–Crippen LogP) is 5.57.